The van der Waals surface area contributed by atoms with E-state index in [-0.39, 0.29) is 12.5 Å². The van der Waals surface area contributed by atoms with Gasteiger partial charge in [0.15, 0.2) is 0 Å². The maximum absolute atomic E-state index is 12.2. The minimum Gasteiger partial charge on any atom is -0.370 e. The van der Waals surface area contributed by atoms with E-state index in [2.05, 4.69) is 0 Å². The van der Waals surface area contributed by atoms with Gasteiger partial charge in [-0.1, -0.05) is 19.3 Å². The summed E-state index contributed by atoms with van der Waals surface area (Å²) in [5.74, 6) is 0.0810. The summed E-state index contributed by atoms with van der Waals surface area (Å²) in [6.45, 7) is 2.09. The highest BCUT2D eigenvalue weighted by Gasteiger charge is 2.41. The molecule has 1 unspecified atom stereocenters. The summed E-state index contributed by atoms with van der Waals surface area (Å²) in [5.41, 5.74) is 5.97. The number of likely N-dealkylation sites (tertiary alicyclic amines) is 1. The van der Waals surface area contributed by atoms with Gasteiger partial charge in [0.2, 0.25) is 0 Å². The lowest BCUT2D eigenvalue weighted by Gasteiger charge is -2.33. The average molecular weight is 240 g/mol. The first-order valence-electron chi connectivity index (χ1n) is 6.72. The van der Waals surface area contributed by atoms with Crippen molar-refractivity contribution in [2.45, 2.75) is 44.6 Å². The third-order valence-electron chi connectivity index (χ3n) is 4.44. The number of nitrogens with two attached hydrogens (primary N) is 1. The topological polar surface area (TPSA) is 55.6 Å². The van der Waals surface area contributed by atoms with Crippen LogP contribution in [0, 0.1) is 5.41 Å². The highest BCUT2D eigenvalue weighted by Crippen LogP contribution is 2.43. The van der Waals surface area contributed by atoms with Crippen molar-refractivity contribution < 1.29 is 9.53 Å². The fraction of sp³-hybridized carbons (Fsp3) is 0.923. The summed E-state index contributed by atoms with van der Waals surface area (Å²) >= 11 is 0. The molecule has 1 aliphatic heterocycles. The number of nitrogens with zero attached hydrogens (tertiary/aromatic N) is 1. The summed E-state index contributed by atoms with van der Waals surface area (Å²) in [6.07, 6.45) is 7.31. The third-order valence-corrected chi connectivity index (χ3v) is 4.44. The van der Waals surface area contributed by atoms with Crippen LogP contribution in [0.4, 0.5) is 0 Å². The molecule has 1 saturated heterocycles. The molecule has 2 fully saturated rings. The molecule has 1 saturated carbocycles. The van der Waals surface area contributed by atoms with Gasteiger partial charge in [0, 0.05) is 26.7 Å². The zero-order chi connectivity index (χ0) is 12.3. The Hall–Kier alpha value is -0.610. The van der Waals surface area contributed by atoms with Crippen LogP contribution in [0.1, 0.15) is 38.5 Å². The van der Waals surface area contributed by atoms with Crippen molar-refractivity contribution in [1.29, 1.82) is 0 Å². The smallest absolute Gasteiger partial charge is 0.253 e. The Morgan fingerprint density at radius 1 is 1.35 bits per heavy atom. The zero-order valence-electron chi connectivity index (χ0n) is 10.8. The minimum atomic E-state index is -0.450. The predicted octanol–water partition coefficient (Wildman–Crippen LogP) is 1.14. The number of amides is 1. The van der Waals surface area contributed by atoms with Crippen LogP contribution >= 0.6 is 0 Å². The first-order valence-corrected chi connectivity index (χ1v) is 6.72. The van der Waals surface area contributed by atoms with Crippen LogP contribution in [0.3, 0.4) is 0 Å². The molecule has 1 spiro atoms. The lowest BCUT2D eigenvalue weighted by Crippen LogP contribution is -2.43. The van der Waals surface area contributed by atoms with E-state index in [4.69, 9.17) is 10.5 Å². The van der Waals surface area contributed by atoms with E-state index < -0.39 is 6.10 Å². The van der Waals surface area contributed by atoms with Crippen LogP contribution < -0.4 is 5.73 Å². The number of ether oxygens (including phenoxy) is 1. The van der Waals surface area contributed by atoms with E-state index in [0.29, 0.717) is 5.41 Å². The summed E-state index contributed by atoms with van der Waals surface area (Å²) in [4.78, 5) is 14.1. The molecule has 98 valence electrons. The highest BCUT2D eigenvalue weighted by atomic mass is 16.5. The molecule has 2 N–H and O–H groups in total. The molecule has 2 aliphatic rings. The molecular formula is C13H24N2O2. The second kappa shape index (κ2) is 5.36. The quantitative estimate of drug-likeness (QED) is 0.805. The molecule has 4 heteroatoms. The van der Waals surface area contributed by atoms with Crippen LogP contribution in [0.15, 0.2) is 0 Å². The SMILES string of the molecule is COC(CN)C(=O)N1CCC2(CCCCC2)C1. The molecule has 0 aromatic carbocycles. The molecule has 4 nitrogen and oxygen atoms in total. The van der Waals surface area contributed by atoms with Crippen LogP contribution in [0.5, 0.6) is 0 Å². The molecule has 2 rings (SSSR count). The van der Waals surface area contributed by atoms with Gasteiger partial charge >= 0.3 is 0 Å². The van der Waals surface area contributed by atoms with E-state index in [1.807, 2.05) is 4.90 Å². The maximum Gasteiger partial charge on any atom is 0.253 e. The monoisotopic (exact) mass is 240 g/mol. The minimum absolute atomic E-state index is 0.0810. The van der Waals surface area contributed by atoms with Crippen LogP contribution in [-0.2, 0) is 9.53 Å². The van der Waals surface area contributed by atoms with Gasteiger partial charge in [0.1, 0.15) is 6.10 Å². The predicted molar refractivity (Wildman–Crippen MR) is 66.6 cm³/mol. The van der Waals surface area contributed by atoms with Gasteiger partial charge in [-0.2, -0.15) is 0 Å². The standard InChI is InChI=1S/C13H24N2O2/c1-17-11(9-14)12(16)15-8-7-13(10-15)5-3-2-4-6-13/h11H,2-10,14H2,1H3. The summed E-state index contributed by atoms with van der Waals surface area (Å²) in [6, 6.07) is 0. The van der Waals surface area contributed by atoms with Crippen molar-refractivity contribution in [3.8, 4) is 0 Å². The Kier molecular flexibility index (Phi) is 4.05. The summed E-state index contributed by atoms with van der Waals surface area (Å²) in [5, 5.41) is 0. The Balaban J connectivity index is 1.94. The van der Waals surface area contributed by atoms with Crippen molar-refractivity contribution in [3.05, 3.63) is 0 Å². The maximum atomic E-state index is 12.2. The summed E-state index contributed by atoms with van der Waals surface area (Å²) < 4.78 is 5.13. The number of carbonyl (C=O) groups excluding carboxylic acids is 1. The lowest BCUT2D eigenvalue weighted by atomic mass is 9.73. The second-order valence-electron chi connectivity index (χ2n) is 5.53. The largest absolute Gasteiger partial charge is 0.370 e. The molecular weight excluding hydrogens is 216 g/mol. The van der Waals surface area contributed by atoms with Gasteiger partial charge < -0.3 is 15.4 Å². The normalized spacial score (nSPS) is 25.2. The molecule has 1 aliphatic carbocycles. The summed E-state index contributed by atoms with van der Waals surface area (Å²) in [7, 11) is 1.56. The van der Waals surface area contributed by atoms with E-state index in [1.165, 1.54) is 38.5 Å². The van der Waals surface area contributed by atoms with Gasteiger partial charge in [-0.05, 0) is 24.7 Å². The average Bonchev–Trinajstić information content (AvgIpc) is 2.75. The number of hydrogen-bond donors (Lipinski definition) is 1. The van der Waals surface area contributed by atoms with Crippen LogP contribution in [-0.4, -0.2) is 43.7 Å². The third kappa shape index (κ3) is 2.63. The number of methoxy groups -OCH3 is 1. The van der Waals surface area contributed by atoms with Gasteiger partial charge in [0.05, 0.1) is 0 Å². The van der Waals surface area contributed by atoms with Crippen molar-refractivity contribution in [2.75, 3.05) is 26.7 Å². The number of carbonyl (C=O) groups is 1. The highest BCUT2D eigenvalue weighted by molar-refractivity contribution is 5.81. The molecule has 17 heavy (non-hydrogen) atoms. The van der Waals surface area contributed by atoms with E-state index in [0.717, 1.165) is 13.1 Å². The van der Waals surface area contributed by atoms with E-state index in [9.17, 15) is 4.79 Å². The molecule has 1 heterocycles. The van der Waals surface area contributed by atoms with Crippen molar-refractivity contribution in [2.24, 2.45) is 11.1 Å². The van der Waals surface area contributed by atoms with Gasteiger partial charge in [-0.15, -0.1) is 0 Å². The van der Waals surface area contributed by atoms with E-state index in [1.54, 1.807) is 7.11 Å². The van der Waals surface area contributed by atoms with Crippen molar-refractivity contribution in [3.63, 3.8) is 0 Å². The molecule has 0 aromatic rings. The van der Waals surface area contributed by atoms with Crippen LogP contribution in [0.2, 0.25) is 0 Å². The number of hydrogen-bond acceptors (Lipinski definition) is 3. The molecule has 0 aromatic heterocycles. The van der Waals surface area contributed by atoms with E-state index >= 15 is 0 Å². The van der Waals surface area contributed by atoms with Crippen LogP contribution in [0.25, 0.3) is 0 Å². The Morgan fingerprint density at radius 2 is 2.06 bits per heavy atom. The van der Waals surface area contributed by atoms with Gasteiger partial charge in [-0.3, -0.25) is 4.79 Å². The second-order valence-corrected chi connectivity index (χ2v) is 5.53. The van der Waals surface area contributed by atoms with Gasteiger partial charge in [-0.25, -0.2) is 0 Å². The number of rotatable bonds is 3. The first kappa shape index (κ1) is 12.8. The van der Waals surface area contributed by atoms with Gasteiger partial charge in [0.25, 0.3) is 5.91 Å². The Morgan fingerprint density at radius 3 is 2.65 bits per heavy atom. The van der Waals surface area contributed by atoms with Crippen molar-refractivity contribution in [1.82, 2.24) is 4.90 Å². The molecule has 1 amide bonds. The Labute approximate surface area is 103 Å². The molecule has 0 bridgehead atoms. The Bertz CT molecular complexity index is 271. The fourth-order valence-electron chi connectivity index (χ4n) is 3.33. The van der Waals surface area contributed by atoms with Crippen molar-refractivity contribution >= 4 is 5.91 Å². The lowest BCUT2D eigenvalue weighted by molar-refractivity contribution is -0.140. The fourth-order valence-corrected chi connectivity index (χ4v) is 3.33. The molecule has 1 atom stereocenters. The first-order chi connectivity index (χ1) is 8.21. The molecule has 0 radical (unpaired) electrons. The zero-order valence-corrected chi connectivity index (χ0v) is 10.8.